The van der Waals surface area contributed by atoms with Crippen molar-refractivity contribution in [3.8, 4) is 11.9 Å². The second-order valence-electron chi connectivity index (χ2n) is 6.26. The van der Waals surface area contributed by atoms with Crippen LogP contribution in [0.25, 0.3) is 11.2 Å². The lowest BCUT2D eigenvalue weighted by Gasteiger charge is -2.15. The first-order valence-corrected chi connectivity index (χ1v) is 9.57. The van der Waals surface area contributed by atoms with Crippen LogP contribution in [0, 0.1) is 0 Å². The van der Waals surface area contributed by atoms with Gasteiger partial charge in [-0.1, -0.05) is 11.6 Å². The number of halogens is 1. The number of hydrogen-bond acceptors (Lipinski definition) is 9. The molecule has 11 heteroatoms. The highest BCUT2D eigenvalue weighted by atomic mass is 35.5. The van der Waals surface area contributed by atoms with Gasteiger partial charge in [-0.05, 0) is 6.07 Å². The number of ether oxygens (including phenoxy) is 4. The van der Waals surface area contributed by atoms with Gasteiger partial charge in [0.15, 0.2) is 11.8 Å². The third-order valence-corrected chi connectivity index (χ3v) is 5.48. The predicted molar refractivity (Wildman–Crippen MR) is 95.2 cm³/mol. The van der Waals surface area contributed by atoms with Crippen LogP contribution in [0.4, 0.5) is 0 Å². The molecule has 2 saturated heterocycles. The number of pyridine rings is 1. The summed E-state index contributed by atoms with van der Waals surface area (Å²) in [6.07, 6.45) is 0.0706. The maximum absolute atomic E-state index is 9.81. The lowest BCUT2D eigenvalue weighted by atomic mass is 10.1. The number of rotatable bonds is 5. The van der Waals surface area contributed by atoms with Gasteiger partial charge in [0.25, 0.3) is 6.01 Å². The van der Waals surface area contributed by atoms with Gasteiger partial charge < -0.3 is 29.0 Å². The summed E-state index contributed by atoms with van der Waals surface area (Å²) in [4.78, 5) is 16.7. The number of nitrogens with zero attached hydrogens (tertiary/aromatic N) is 3. The van der Waals surface area contributed by atoms with Crippen molar-refractivity contribution in [1.82, 2.24) is 19.9 Å². The van der Waals surface area contributed by atoms with E-state index >= 15 is 0 Å². The first-order chi connectivity index (χ1) is 13.2. The smallest absolute Gasteiger partial charge is 0.296 e. The highest BCUT2D eigenvalue weighted by Gasteiger charge is 2.48. The van der Waals surface area contributed by atoms with Gasteiger partial charge in [-0.3, -0.25) is 4.98 Å². The number of aliphatic hydroxyl groups is 1. The molecule has 2 N–H and O–H groups in total. The molecule has 0 amide bonds. The highest BCUT2D eigenvalue weighted by molar-refractivity contribution is 7.09. The zero-order chi connectivity index (χ0) is 18.4. The summed E-state index contributed by atoms with van der Waals surface area (Å²) < 4.78 is 22.6. The van der Waals surface area contributed by atoms with Crippen molar-refractivity contribution in [3.05, 3.63) is 27.7 Å². The van der Waals surface area contributed by atoms with Crippen molar-refractivity contribution < 1.29 is 24.1 Å². The fraction of sp³-hybridized carbons (Fsp3) is 0.438. The molecule has 2 unspecified atom stereocenters. The molecule has 0 radical (unpaired) electrons. The molecule has 3 aromatic rings. The number of aromatic amines is 1. The molecule has 5 rings (SSSR count). The number of thiazole rings is 1. The minimum atomic E-state index is -0.627. The van der Waals surface area contributed by atoms with E-state index in [-0.39, 0.29) is 30.9 Å². The molecule has 2 fully saturated rings. The van der Waals surface area contributed by atoms with Crippen molar-refractivity contribution in [2.24, 2.45) is 0 Å². The molecule has 27 heavy (non-hydrogen) atoms. The Balaban J connectivity index is 1.33. The van der Waals surface area contributed by atoms with Crippen molar-refractivity contribution >= 4 is 34.1 Å². The number of aliphatic hydroxyl groups excluding tert-OH is 1. The van der Waals surface area contributed by atoms with Crippen LogP contribution in [0.1, 0.15) is 4.88 Å². The Morgan fingerprint density at radius 2 is 2.19 bits per heavy atom. The van der Waals surface area contributed by atoms with Crippen LogP contribution in [0.3, 0.4) is 0 Å². The molecule has 2 aliphatic rings. The van der Waals surface area contributed by atoms with Crippen molar-refractivity contribution in [1.29, 1.82) is 0 Å². The maximum atomic E-state index is 9.81. The van der Waals surface area contributed by atoms with Gasteiger partial charge >= 0.3 is 0 Å². The molecule has 0 saturated carbocycles. The van der Waals surface area contributed by atoms with Gasteiger partial charge in [0, 0.05) is 6.20 Å². The average Bonchev–Trinajstić information content (AvgIpc) is 3.41. The molecule has 2 aliphatic heterocycles. The second kappa shape index (κ2) is 6.88. The van der Waals surface area contributed by atoms with Crippen LogP contribution in [0.15, 0.2) is 17.8 Å². The summed E-state index contributed by atoms with van der Waals surface area (Å²) in [6, 6.07) is 1.97. The molecule has 9 nitrogen and oxygen atoms in total. The van der Waals surface area contributed by atoms with Crippen LogP contribution in [0.5, 0.6) is 11.9 Å². The molecule has 0 spiro atoms. The Labute approximate surface area is 162 Å². The zero-order valence-electron chi connectivity index (χ0n) is 13.9. The Bertz CT molecular complexity index is 952. The van der Waals surface area contributed by atoms with Crippen LogP contribution >= 0.6 is 22.9 Å². The van der Waals surface area contributed by atoms with Gasteiger partial charge in [0.2, 0.25) is 5.88 Å². The third kappa shape index (κ3) is 3.23. The minimum absolute atomic E-state index is 0.243. The van der Waals surface area contributed by atoms with Gasteiger partial charge in [0.1, 0.15) is 29.9 Å². The van der Waals surface area contributed by atoms with E-state index in [4.69, 9.17) is 30.5 Å². The molecule has 5 heterocycles. The molecule has 4 atom stereocenters. The lowest BCUT2D eigenvalue weighted by Crippen LogP contribution is -2.34. The quantitative estimate of drug-likeness (QED) is 0.651. The summed E-state index contributed by atoms with van der Waals surface area (Å²) >= 11 is 7.75. The van der Waals surface area contributed by atoms with E-state index in [1.807, 2.05) is 0 Å². The SMILES string of the molecule is O[C@@H]1COC2C1OC[C@H]2Oc1nc2nc(OCc3cncs3)c(Cl)cc2[nH]1. The van der Waals surface area contributed by atoms with Gasteiger partial charge in [0.05, 0.1) is 29.1 Å². The number of hydrogen-bond donors (Lipinski definition) is 2. The van der Waals surface area contributed by atoms with Gasteiger partial charge in [-0.25, -0.2) is 0 Å². The summed E-state index contributed by atoms with van der Waals surface area (Å²) in [7, 11) is 0. The maximum Gasteiger partial charge on any atom is 0.296 e. The van der Waals surface area contributed by atoms with E-state index in [9.17, 15) is 5.11 Å². The van der Waals surface area contributed by atoms with Crippen LogP contribution in [-0.4, -0.2) is 62.7 Å². The first-order valence-electron chi connectivity index (χ1n) is 8.32. The number of fused-ring (bicyclic) bond motifs is 2. The average molecular weight is 411 g/mol. The van der Waals surface area contributed by atoms with Crippen LogP contribution in [0.2, 0.25) is 5.02 Å². The van der Waals surface area contributed by atoms with E-state index in [2.05, 4.69) is 19.9 Å². The standard InChI is InChI=1S/C16H15ClN4O5S/c17-8-1-9-14(20-15(8)25-3-7-2-18-6-27-7)21-16(19-9)26-11-5-24-12-10(22)4-23-13(11)12/h1-2,6,10-13,22H,3-5H2,(H,19,20,21)/t10-,11-,12?,13?/m1/s1. The Kier molecular flexibility index (Phi) is 4.37. The number of aromatic nitrogens is 4. The topological polar surface area (TPSA) is 112 Å². The number of nitrogens with one attached hydrogen (secondary N) is 1. The van der Waals surface area contributed by atoms with E-state index in [0.717, 1.165) is 4.88 Å². The Morgan fingerprint density at radius 1 is 1.30 bits per heavy atom. The van der Waals surface area contributed by atoms with E-state index in [1.165, 1.54) is 11.3 Å². The monoisotopic (exact) mass is 410 g/mol. The van der Waals surface area contributed by atoms with E-state index < -0.39 is 6.10 Å². The fourth-order valence-corrected chi connectivity index (χ4v) is 3.89. The number of H-pyrrole nitrogens is 1. The second-order valence-corrected chi connectivity index (χ2v) is 7.64. The van der Waals surface area contributed by atoms with E-state index in [0.29, 0.717) is 35.3 Å². The third-order valence-electron chi connectivity index (χ3n) is 4.45. The Morgan fingerprint density at radius 3 is 3.04 bits per heavy atom. The van der Waals surface area contributed by atoms with Gasteiger partial charge in [-0.2, -0.15) is 9.97 Å². The fourth-order valence-electron chi connectivity index (χ4n) is 3.18. The summed E-state index contributed by atoms with van der Waals surface area (Å²) in [5.41, 5.74) is 2.79. The minimum Gasteiger partial charge on any atom is -0.471 e. The highest BCUT2D eigenvalue weighted by Crippen LogP contribution is 2.31. The van der Waals surface area contributed by atoms with Crippen LogP contribution in [-0.2, 0) is 16.1 Å². The van der Waals surface area contributed by atoms with Crippen LogP contribution < -0.4 is 9.47 Å². The zero-order valence-corrected chi connectivity index (χ0v) is 15.4. The lowest BCUT2D eigenvalue weighted by molar-refractivity contribution is 0.00706. The van der Waals surface area contributed by atoms with Crippen molar-refractivity contribution in [2.45, 2.75) is 31.0 Å². The Hall–Kier alpha value is -1.98. The molecule has 3 aromatic heterocycles. The molecular weight excluding hydrogens is 396 g/mol. The van der Waals surface area contributed by atoms with E-state index in [1.54, 1.807) is 17.8 Å². The normalized spacial score (nSPS) is 27.2. The first kappa shape index (κ1) is 17.1. The summed E-state index contributed by atoms with van der Waals surface area (Å²) in [5, 5.41) is 10.2. The number of imidazole rings is 1. The van der Waals surface area contributed by atoms with Crippen molar-refractivity contribution in [2.75, 3.05) is 13.2 Å². The predicted octanol–water partition coefficient (Wildman–Crippen LogP) is 1.55. The largest absolute Gasteiger partial charge is 0.471 e. The molecule has 0 bridgehead atoms. The molecular formula is C16H15ClN4O5S. The molecule has 142 valence electrons. The summed E-state index contributed by atoms with van der Waals surface area (Å²) in [6.45, 7) is 0.895. The van der Waals surface area contributed by atoms with Crippen molar-refractivity contribution in [3.63, 3.8) is 0 Å². The summed E-state index contributed by atoms with van der Waals surface area (Å²) in [5.74, 6) is 0.294. The molecule has 0 aromatic carbocycles. The van der Waals surface area contributed by atoms with Gasteiger partial charge in [-0.15, -0.1) is 11.3 Å². The molecule has 0 aliphatic carbocycles.